The van der Waals surface area contributed by atoms with Crippen molar-refractivity contribution in [3.05, 3.63) is 28.8 Å². The van der Waals surface area contributed by atoms with Crippen LogP contribution in [-0.4, -0.2) is 18.5 Å². The fourth-order valence-electron chi connectivity index (χ4n) is 2.38. The van der Waals surface area contributed by atoms with Crippen molar-refractivity contribution in [1.29, 1.82) is 0 Å². The molecule has 1 aliphatic rings. The van der Waals surface area contributed by atoms with Gasteiger partial charge in [-0.3, -0.25) is 4.79 Å². The highest BCUT2D eigenvalue weighted by Crippen LogP contribution is 2.34. The first-order valence-electron chi connectivity index (χ1n) is 5.68. The van der Waals surface area contributed by atoms with Crippen molar-refractivity contribution < 1.29 is 4.79 Å². The van der Waals surface area contributed by atoms with Crippen LogP contribution in [0.4, 0.5) is 5.69 Å². The van der Waals surface area contributed by atoms with Gasteiger partial charge in [-0.15, -0.1) is 0 Å². The highest BCUT2D eigenvalue weighted by atomic mass is 35.5. The lowest BCUT2D eigenvalue weighted by Crippen LogP contribution is -2.41. The minimum absolute atomic E-state index is 0.264. The van der Waals surface area contributed by atoms with Gasteiger partial charge in [0.15, 0.2) is 0 Å². The van der Waals surface area contributed by atoms with Gasteiger partial charge in [0, 0.05) is 13.1 Å². The molecule has 1 aliphatic heterocycles. The smallest absolute Gasteiger partial charge is 0.240 e. The number of anilines is 1. The number of carbonyl (C=O) groups is 1. The SMILES string of the molecule is NCc1cccc(Cl)c1N1CCCC1C(N)=O. The highest BCUT2D eigenvalue weighted by Gasteiger charge is 2.31. The summed E-state index contributed by atoms with van der Waals surface area (Å²) in [7, 11) is 0. The van der Waals surface area contributed by atoms with E-state index in [2.05, 4.69) is 0 Å². The molecule has 0 radical (unpaired) electrons. The average Bonchev–Trinajstić information content (AvgIpc) is 2.77. The summed E-state index contributed by atoms with van der Waals surface area (Å²) in [6, 6.07) is 5.34. The van der Waals surface area contributed by atoms with Gasteiger partial charge >= 0.3 is 0 Å². The van der Waals surface area contributed by atoms with Crippen molar-refractivity contribution in [3.8, 4) is 0 Å². The van der Waals surface area contributed by atoms with Gasteiger partial charge in [0.25, 0.3) is 0 Å². The minimum atomic E-state index is -0.301. The molecule has 1 saturated heterocycles. The van der Waals surface area contributed by atoms with E-state index in [4.69, 9.17) is 23.1 Å². The lowest BCUT2D eigenvalue weighted by atomic mass is 10.1. The van der Waals surface area contributed by atoms with Crippen LogP contribution in [0.25, 0.3) is 0 Å². The van der Waals surface area contributed by atoms with E-state index in [-0.39, 0.29) is 11.9 Å². The van der Waals surface area contributed by atoms with Gasteiger partial charge in [0.2, 0.25) is 5.91 Å². The third-order valence-corrected chi connectivity index (χ3v) is 3.46. The van der Waals surface area contributed by atoms with E-state index in [9.17, 15) is 4.79 Å². The first-order chi connectivity index (χ1) is 8.15. The number of nitrogens with zero attached hydrogens (tertiary/aromatic N) is 1. The quantitative estimate of drug-likeness (QED) is 0.852. The Morgan fingerprint density at radius 3 is 2.94 bits per heavy atom. The second kappa shape index (κ2) is 4.94. The zero-order chi connectivity index (χ0) is 12.4. The van der Waals surface area contributed by atoms with Crippen LogP contribution in [0.5, 0.6) is 0 Å². The van der Waals surface area contributed by atoms with E-state index in [0.29, 0.717) is 11.6 Å². The molecule has 0 aliphatic carbocycles. The van der Waals surface area contributed by atoms with E-state index < -0.39 is 0 Å². The maximum absolute atomic E-state index is 11.4. The summed E-state index contributed by atoms with van der Waals surface area (Å²) >= 11 is 6.21. The van der Waals surface area contributed by atoms with E-state index in [0.717, 1.165) is 30.6 Å². The molecule has 4 nitrogen and oxygen atoms in total. The lowest BCUT2D eigenvalue weighted by Gasteiger charge is -2.27. The number of halogens is 1. The Labute approximate surface area is 106 Å². The molecule has 0 spiro atoms. The summed E-state index contributed by atoms with van der Waals surface area (Å²) in [6.07, 6.45) is 1.73. The van der Waals surface area contributed by atoms with Crippen molar-refractivity contribution in [3.63, 3.8) is 0 Å². The third-order valence-electron chi connectivity index (χ3n) is 3.16. The summed E-state index contributed by atoms with van der Waals surface area (Å²) in [5.41, 5.74) is 12.9. The zero-order valence-corrected chi connectivity index (χ0v) is 10.3. The second-order valence-corrected chi connectivity index (χ2v) is 4.61. The molecule has 0 saturated carbocycles. The van der Waals surface area contributed by atoms with Crippen molar-refractivity contribution >= 4 is 23.2 Å². The third kappa shape index (κ3) is 2.23. The number of rotatable bonds is 3. The van der Waals surface area contributed by atoms with Gasteiger partial charge in [-0.05, 0) is 24.5 Å². The Bertz CT molecular complexity index is 436. The first kappa shape index (κ1) is 12.2. The van der Waals surface area contributed by atoms with Gasteiger partial charge in [0.1, 0.15) is 6.04 Å². The molecule has 1 aromatic carbocycles. The van der Waals surface area contributed by atoms with Gasteiger partial charge in [-0.25, -0.2) is 0 Å². The van der Waals surface area contributed by atoms with Gasteiger partial charge < -0.3 is 16.4 Å². The number of primary amides is 1. The number of carbonyl (C=O) groups excluding carboxylic acids is 1. The number of nitrogens with two attached hydrogens (primary N) is 2. The van der Waals surface area contributed by atoms with Gasteiger partial charge in [-0.2, -0.15) is 0 Å². The number of benzene rings is 1. The fraction of sp³-hybridized carbons (Fsp3) is 0.417. The van der Waals surface area contributed by atoms with Gasteiger partial charge in [-0.1, -0.05) is 23.7 Å². The number of hydrogen-bond acceptors (Lipinski definition) is 3. The molecule has 17 heavy (non-hydrogen) atoms. The predicted octanol–water partition coefficient (Wildman–Crippen LogP) is 1.25. The molecule has 1 unspecified atom stereocenters. The van der Waals surface area contributed by atoms with Crippen LogP contribution < -0.4 is 16.4 Å². The van der Waals surface area contributed by atoms with Crippen LogP contribution in [-0.2, 0) is 11.3 Å². The molecule has 1 atom stereocenters. The Morgan fingerprint density at radius 1 is 1.53 bits per heavy atom. The lowest BCUT2D eigenvalue weighted by molar-refractivity contribution is -0.119. The van der Waals surface area contributed by atoms with Crippen LogP contribution >= 0.6 is 11.6 Å². The van der Waals surface area contributed by atoms with Crippen molar-refractivity contribution in [2.45, 2.75) is 25.4 Å². The second-order valence-electron chi connectivity index (χ2n) is 4.21. The van der Waals surface area contributed by atoms with Crippen molar-refractivity contribution in [2.75, 3.05) is 11.4 Å². The topological polar surface area (TPSA) is 72.3 Å². The fourth-order valence-corrected chi connectivity index (χ4v) is 2.68. The Balaban J connectivity index is 2.42. The maximum Gasteiger partial charge on any atom is 0.240 e. The Hall–Kier alpha value is -1.26. The van der Waals surface area contributed by atoms with E-state index >= 15 is 0 Å². The highest BCUT2D eigenvalue weighted by molar-refractivity contribution is 6.33. The molecular formula is C12H16ClN3O. The van der Waals surface area contributed by atoms with Crippen LogP contribution in [0, 0.1) is 0 Å². The molecule has 1 aromatic rings. The van der Waals surface area contributed by atoms with Crippen molar-refractivity contribution in [2.24, 2.45) is 11.5 Å². The first-order valence-corrected chi connectivity index (χ1v) is 6.06. The largest absolute Gasteiger partial charge is 0.368 e. The summed E-state index contributed by atoms with van der Waals surface area (Å²) in [4.78, 5) is 13.4. The summed E-state index contributed by atoms with van der Waals surface area (Å²) < 4.78 is 0. The molecule has 4 N–H and O–H groups in total. The molecule has 1 heterocycles. The predicted molar refractivity (Wildman–Crippen MR) is 68.9 cm³/mol. The molecule has 0 bridgehead atoms. The average molecular weight is 254 g/mol. The van der Waals surface area contributed by atoms with Crippen molar-refractivity contribution in [1.82, 2.24) is 0 Å². The number of hydrogen-bond donors (Lipinski definition) is 2. The molecule has 1 fully saturated rings. The van der Waals surface area contributed by atoms with Crippen LogP contribution in [0.2, 0.25) is 5.02 Å². The molecule has 1 amide bonds. The van der Waals surface area contributed by atoms with Gasteiger partial charge in [0.05, 0.1) is 10.7 Å². The monoisotopic (exact) mass is 253 g/mol. The number of amides is 1. The molecule has 0 aromatic heterocycles. The normalized spacial score (nSPS) is 19.6. The minimum Gasteiger partial charge on any atom is -0.368 e. The maximum atomic E-state index is 11.4. The van der Waals surface area contributed by atoms with E-state index in [1.54, 1.807) is 0 Å². The Morgan fingerprint density at radius 2 is 2.29 bits per heavy atom. The van der Waals surface area contributed by atoms with Crippen LogP contribution in [0.3, 0.4) is 0 Å². The molecular weight excluding hydrogens is 238 g/mol. The molecule has 5 heteroatoms. The Kier molecular flexibility index (Phi) is 3.54. The van der Waals surface area contributed by atoms with Crippen LogP contribution in [0.1, 0.15) is 18.4 Å². The molecule has 2 rings (SSSR count). The zero-order valence-electron chi connectivity index (χ0n) is 9.53. The standard InChI is InChI=1S/C12H16ClN3O/c13-9-4-1-3-8(7-14)11(9)16-6-2-5-10(16)12(15)17/h1,3-4,10H,2,5-7,14H2,(H2,15,17). The van der Waals surface area contributed by atoms with E-state index in [1.165, 1.54) is 0 Å². The summed E-state index contributed by atoms with van der Waals surface area (Å²) in [5, 5.41) is 0.626. The number of para-hydroxylation sites is 1. The summed E-state index contributed by atoms with van der Waals surface area (Å²) in [6.45, 7) is 1.20. The van der Waals surface area contributed by atoms with E-state index in [1.807, 2.05) is 23.1 Å². The molecule has 92 valence electrons. The summed E-state index contributed by atoms with van der Waals surface area (Å²) in [5.74, 6) is -0.301. The van der Waals surface area contributed by atoms with Crippen LogP contribution in [0.15, 0.2) is 18.2 Å².